The molecule has 2 aromatic carbocycles. The zero-order chi connectivity index (χ0) is 17.1. The van der Waals surface area contributed by atoms with Gasteiger partial charge in [-0.25, -0.2) is 0 Å². The van der Waals surface area contributed by atoms with E-state index in [0.717, 1.165) is 0 Å². The van der Waals surface area contributed by atoms with E-state index in [1.54, 1.807) is 6.07 Å². The van der Waals surface area contributed by atoms with Gasteiger partial charge in [-0.05, 0) is 24.3 Å². The smallest absolute Gasteiger partial charge is 0.269 e. The van der Waals surface area contributed by atoms with Crippen LogP contribution in [0.1, 0.15) is 5.01 Å². The maximum absolute atomic E-state index is 10.6. The predicted molar refractivity (Wildman–Crippen MR) is 86.1 cm³/mol. The second-order valence-corrected chi connectivity index (χ2v) is 5.80. The van der Waals surface area contributed by atoms with Crippen molar-refractivity contribution >= 4 is 17.0 Å². The molecule has 2 N–H and O–H groups in total. The van der Waals surface area contributed by atoms with Gasteiger partial charge in [0, 0.05) is 18.2 Å². The molecule has 0 aliphatic rings. The first-order valence-corrected chi connectivity index (χ1v) is 7.56. The Morgan fingerprint density at radius 3 is 2.54 bits per heavy atom. The standard InChI is InChI=1S/C15H11N3O5S/c19-10-3-6-12(13(20)7-10)15-17-16-14(24-15)8-23-11-4-1-9(2-5-11)18(21)22/h1-7,19-20H,8H2. The summed E-state index contributed by atoms with van der Waals surface area (Å²) in [7, 11) is 0. The number of nitrogens with zero attached hydrogens (tertiary/aromatic N) is 3. The van der Waals surface area contributed by atoms with Gasteiger partial charge < -0.3 is 14.9 Å². The van der Waals surface area contributed by atoms with Crippen molar-refractivity contribution in [3.63, 3.8) is 0 Å². The monoisotopic (exact) mass is 345 g/mol. The minimum atomic E-state index is -0.481. The lowest BCUT2D eigenvalue weighted by Gasteiger charge is -2.02. The van der Waals surface area contributed by atoms with Crippen LogP contribution in [0.2, 0.25) is 0 Å². The van der Waals surface area contributed by atoms with Crippen LogP contribution in [0.25, 0.3) is 10.6 Å². The number of nitro benzene ring substituents is 1. The van der Waals surface area contributed by atoms with Gasteiger partial charge in [0.05, 0.1) is 10.5 Å². The van der Waals surface area contributed by atoms with Gasteiger partial charge in [0.1, 0.15) is 23.9 Å². The third kappa shape index (κ3) is 3.41. The van der Waals surface area contributed by atoms with Gasteiger partial charge in [-0.2, -0.15) is 0 Å². The Hall–Kier alpha value is -3.20. The van der Waals surface area contributed by atoms with Gasteiger partial charge >= 0.3 is 0 Å². The van der Waals surface area contributed by atoms with Crippen molar-refractivity contribution < 1.29 is 19.9 Å². The molecule has 3 rings (SSSR count). The Morgan fingerprint density at radius 1 is 1.12 bits per heavy atom. The van der Waals surface area contributed by atoms with Crippen molar-refractivity contribution in [2.45, 2.75) is 6.61 Å². The number of aromatic nitrogens is 2. The van der Waals surface area contributed by atoms with Crippen LogP contribution < -0.4 is 4.74 Å². The highest BCUT2D eigenvalue weighted by Gasteiger charge is 2.12. The van der Waals surface area contributed by atoms with Crippen molar-refractivity contribution in [2.75, 3.05) is 0 Å². The molecule has 1 aromatic heterocycles. The summed E-state index contributed by atoms with van der Waals surface area (Å²) in [5.41, 5.74) is 0.454. The Bertz CT molecular complexity index is 879. The van der Waals surface area contributed by atoms with Crippen molar-refractivity contribution in [3.05, 3.63) is 57.6 Å². The van der Waals surface area contributed by atoms with Gasteiger partial charge in [0.15, 0.2) is 10.0 Å². The molecular formula is C15H11N3O5S. The summed E-state index contributed by atoms with van der Waals surface area (Å²) in [6.07, 6.45) is 0. The minimum absolute atomic E-state index is 0.0108. The topological polar surface area (TPSA) is 119 Å². The van der Waals surface area contributed by atoms with E-state index >= 15 is 0 Å². The van der Waals surface area contributed by atoms with Crippen molar-refractivity contribution in [1.29, 1.82) is 0 Å². The maximum Gasteiger partial charge on any atom is 0.269 e. The van der Waals surface area contributed by atoms with Gasteiger partial charge in [-0.1, -0.05) is 11.3 Å². The Labute approximate surface area is 139 Å². The number of rotatable bonds is 5. The van der Waals surface area contributed by atoms with E-state index in [0.29, 0.717) is 21.3 Å². The zero-order valence-electron chi connectivity index (χ0n) is 12.1. The molecule has 1 heterocycles. The van der Waals surface area contributed by atoms with E-state index in [2.05, 4.69) is 10.2 Å². The van der Waals surface area contributed by atoms with Crippen LogP contribution in [0.4, 0.5) is 5.69 Å². The predicted octanol–water partition coefficient (Wildman–Crippen LogP) is 3.10. The highest BCUT2D eigenvalue weighted by molar-refractivity contribution is 7.14. The highest BCUT2D eigenvalue weighted by Crippen LogP contribution is 2.33. The van der Waals surface area contributed by atoms with Crippen molar-refractivity contribution in [3.8, 4) is 27.8 Å². The molecule has 9 heteroatoms. The second-order valence-electron chi connectivity index (χ2n) is 4.74. The molecule has 0 amide bonds. The van der Waals surface area contributed by atoms with Gasteiger partial charge in [0.25, 0.3) is 5.69 Å². The van der Waals surface area contributed by atoms with Crippen LogP contribution in [-0.4, -0.2) is 25.3 Å². The zero-order valence-corrected chi connectivity index (χ0v) is 12.9. The van der Waals surface area contributed by atoms with E-state index in [-0.39, 0.29) is 23.8 Å². The van der Waals surface area contributed by atoms with Crippen molar-refractivity contribution in [2.24, 2.45) is 0 Å². The molecule has 24 heavy (non-hydrogen) atoms. The second kappa shape index (κ2) is 6.50. The average Bonchev–Trinajstić information content (AvgIpc) is 3.02. The van der Waals surface area contributed by atoms with Crippen LogP contribution in [0.15, 0.2) is 42.5 Å². The number of phenolic OH excluding ortho intramolecular Hbond substituents is 2. The molecule has 0 aliphatic carbocycles. The first-order valence-electron chi connectivity index (χ1n) is 6.75. The van der Waals surface area contributed by atoms with E-state index < -0.39 is 4.92 Å². The first kappa shape index (κ1) is 15.7. The number of benzene rings is 2. The number of aromatic hydroxyl groups is 2. The van der Waals surface area contributed by atoms with Crippen LogP contribution in [0, 0.1) is 10.1 Å². The molecular weight excluding hydrogens is 334 g/mol. The van der Waals surface area contributed by atoms with Crippen LogP contribution in [-0.2, 0) is 6.61 Å². The molecule has 0 fully saturated rings. The Kier molecular flexibility index (Phi) is 4.25. The fourth-order valence-corrected chi connectivity index (χ4v) is 2.72. The molecule has 0 radical (unpaired) electrons. The third-order valence-corrected chi connectivity index (χ3v) is 4.02. The molecule has 0 unspecified atom stereocenters. The molecule has 3 aromatic rings. The molecule has 8 nitrogen and oxygen atoms in total. The number of non-ortho nitro benzene ring substituents is 1. The summed E-state index contributed by atoms with van der Waals surface area (Å²) in [6, 6.07) is 9.95. The molecule has 122 valence electrons. The molecule has 0 aliphatic heterocycles. The largest absolute Gasteiger partial charge is 0.508 e. The molecule has 0 atom stereocenters. The van der Waals surface area contributed by atoms with E-state index in [4.69, 9.17) is 4.74 Å². The Balaban J connectivity index is 1.69. The van der Waals surface area contributed by atoms with Gasteiger partial charge in [-0.3, -0.25) is 10.1 Å². The summed E-state index contributed by atoms with van der Waals surface area (Å²) in [6.45, 7) is 0.147. The lowest BCUT2D eigenvalue weighted by Crippen LogP contribution is -1.95. The van der Waals surface area contributed by atoms with Crippen LogP contribution in [0.3, 0.4) is 0 Å². The molecule has 0 saturated carbocycles. The highest BCUT2D eigenvalue weighted by atomic mass is 32.1. The van der Waals surface area contributed by atoms with Gasteiger partial charge in [0.2, 0.25) is 0 Å². The van der Waals surface area contributed by atoms with Crippen LogP contribution >= 0.6 is 11.3 Å². The Morgan fingerprint density at radius 2 is 1.88 bits per heavy atom. The first-order chi connectivity index (χ1) is 11.5. The normalized spacial score (nSPS) is 10.5. The summed E-state index contributed by atoms with van der Waals surface area (Å²) in [5, 5.41) is 38.8. The minimum Gasteiger partial charge on any atom is -0.508 e. The number of phenols is 2. The summed E-state index contributed by atoms with van der Waals surface area (Å²) < 4.78 is 5.51. The fourth-order valence-electron chi connectivity index (χ4n) is 1.93. The molecule has 0 saturated heterocycles. The fraction of sp³-hybridized carbons (Fsp3) is 0.0667. The van der Waals surface area contributed by atoms with Gasteiger partial charge in [-0.15, -0.1) is 10.2 Å². The summed E-state index contributed by atoms with van der Waals surface area (Å²) >= 11 is 1.24. The number of nitro groups is 1. The summed E-state index contributed by atoms with van der Waals surface area (Å²) in [4.78, 5) is 10.1. The molecule has 0 spiro atoms. The summed E-state index contributed by atoms with van der Waals surface area (Å²) in [5.74, 6) is 0.348. The number of hydrogen-bond acceptors (Lipinski definition) is 8. The van der Waals surface area contributed by atoms with E-state index in [1.807, 2.05) is 0 Å². The van der Waals surface area contributed by atoms with E-state index in [9.17, 15) is 20.3 Å². The quantitative estimate of drug-likeness (QED) is 0.538. The molecule has 0 bridgehead atoms. The van der Waals surface area contributed by atoms with Crippen molar-refractivity contribution in [1.82, 2.24) is 10.2 Å². The number of hydrogen-bond donors (Lipinski definition) is 2. The lowest BCUT2D eigenvalue weighted by atomic mass is 10.2. The lowest BCUT2D eigenvalue weighted by molar-refractivity contribution is -0.384. The van der Waals surface area contributed by atoms with Crippen LogP contribution in [0.5, 0.6) is 17.2 Å². The SMILES string of the molecule is O=[N+]([O-])c1ccc(OCc2nnc(-c3ccc(O)cc3O)s2)cc1. The maximum atomic E-state index is 10.6. The number of ether oxygens (including phenoxy) is 1. The average molecular weight is 345 g/mol. The third-order valence-electron chi connectivity index (χ3n) is 3.09. The van der Waals surface area contributed by atoms with E-state index in [1.165, 1.54) is 47.7 Å².